The van der Waals surface area contributed by atoms with Crippen molar-refractivity contribution in [1.82, 2.24) is 20.1 Å². The number of nitrogens with zero attached hydrogens (tertiary/aromatic N) is 5. The van der Waals surface area contributed by atoms with Crippen LogP contribution in [-0.2, 0) is 11.2 Å². The van der Waals surface area contributed by atoms with Crippen LogP contribution >= 0.6 is 0 Å². The van der Waals surface area contributed by atoms with Crippen LogP contribution in [0.3, 0.4) is 0 Å². The second-order valence-electron chi connectivity index (χ2n) is 7.34. The van der Waals surface area contributed by atoms with E-state index in [9.17, 15) is 4.79 Å². The van der Waals surface area contributed by atoms with Crippen LogP contribution in [-0.4, -0.2) is 51.7 Å². The molecule has 138 valence electrons. The fraction of sp³-hybridized carbons (Fsp3) is 0.500. The van der Waals surface area contributed by atoms with E-state index >= 15 is 0 Å². The minimum atomic E-state index is 0.158. The number of rotatable bonds is 4. The highest BCUT2D eigenvalue weighted by Gasteiger charge is 2.27. The van der Waals surface area contributed by atoms with Crippen LogP contribution in [0.1, 0.15) is 43.6 Å². The molecule has 0 aliphatic carbocycles. The summed E-state index contributed by atoms with van der Waals surface area (Å²) in [5, 5.41) is 8.42. The molecule has 1 fully saturated rings. The van der Waals surface area contributed by atoms with Crippen molar-refractivity contribution in [2.75, 3.05) is 24.5 Å². The Balaban J connectivity index is 1.59. The molecule has 0 N–H and O–H groups in total. The molecule has 0 radical (unpaired) electrons. The third-order valence-electron chi connectivity index (χ3n) is 4.85. The Morgan fingerprint density at radius 3 is 2.58 bits per heavy atom. The molecular weight excluding hydrogens is 326 g/mol. The van der Waals surface area contributed by atoms with Gasteiger partial charge in [-0.1, -0.05) is 19.9 Å². The normalized spacial score (nSPS) is 17.7. The van der Waals surface area contributed by atoms with E-state index in [1.54, 1.807) is 0 Å². The molecule has 2 aromatic rings. The number of pyridine rings is 1. The number of aromatic nitrogens is 3. The van der Waals surface area contributed by atoms with Gasteiger partial charge in [0.05, 0.1) is 12.1 Å². The van der Waals surface area contributed by atoms with Gasteiger partial charge < -0.3 is 9.80 Å². The molecule has 1 amide bonds. The van der Waals surface area contributed by atoms with Crippen LogP contribution in [0, 0.1) is 6.92 Å². The second-order valence-corrected chi connectivity index (χ2v) is 7.34. The summed E-state index contributed by atoms with van der Waals surface area (Å²) in [4.78, 5) is 21.3. The van der Waals surface area contributed by atoms with E-state index in [1.807, 2.05) is 42.3 Å². The van der Waals surface area contributed by atoms with Gasteiger partial charge in [-0.3, -0.25) is 9.78 Å². The number of amides is 1. The summed E-state index contributed by atoms with van der Waals surface area (Å²) in [6, 6.07) is 8.22. The van der Waals surface area contributed by atoms with Crippen LogP contribution < -0.4 is 4.90 Å². The van der Waals surface area contributed by atoms with Crippen LogP contribution in [0.5, 0.6) is 0 Å². The fourth-order valence-corrected chi connectivity index (χ4v) is 3.24. The van der Waals surface area contributed by atoms with Gasteiger partial charge in [0.15, 0.2) is 5.82 Å². The molecule has 1 atom stereocenters. The molecule has 0 saturated carbocycles. The van der Waals surface area contributed by atoms with Crippen molar-refractivity contribution in [2.45, 2.75) is 46.1 Å². The minimum Gasteiger partial charge on any atom is -0.349 e. The van der Waals surface area contributed by atoms with Crippen LogP contribution in [0.4, 0.5) is 5.82 Å². The summed E-state index contributed by atoms with van der Waals surface area (Å²) < 4.78 is 0. The van der Waals surface area contributed by atoms with Crippen molar-refractivity contribution >= 4 is 11.7 Å². The first kappa shape index (κ1) is 18.3. The van der Waals surface area contributed by atoms with E-state index in [0.717, 1.165) is 29.3 Å². The maximum absolute atomic E-state index is 12.7. The fourth-order valence-electron chi connectivity index (χ4n) is 3.24. The van der Waals surface area contributed by atoms with Crippen molar-refractivity contribution in [3.05, 3.63) is 47.4 Å². The van der Waals surface area contributed by atoms with Crippen LogP contribution in [0.15, 0.2) is 30.5 Å². The van der Waals surface area contributed by atoms with Crippen LogP contribution in [0.2, 0.25) is 0 Å². The Kier molecular flexibility index (Phi) is 5.49. The zero-order valence-corrected chi connectivity index (χ0v) is 16.0. The van der Waals surface area contributed by atoms with Crippen molar-refractivity contribution in [3.8, 4) is 0 Å². The summed E-state index contributed by atoms with van der Waals surface area (Å²) >= 11 is 0. The highest BCUT2D eigenvalue weighted by atomic mass is 16.2. The molecule has 3 heterocycles. The lowest BCUT2D eigenvalue weighted by Gasteiger charge is -2.40. The smallest absolute Gasteiger partial charge is 0.227 e. The van der Waals surface area contributed by atoms with Gasteiger partial charge in [0.1, 0.15) is 0 Å². The molecule has 6 heteroatoms. The number of hydrogen-bond acceptors (Lipinski definition) is 5. The Bertz CT molecular complexity index is 742. The van der Waals surface area contributed by atoms with Gasteiger partial charge in [0.2, 0.25) is 5.91 Å². The van der Waals surface area contributed by atoms with Crippen LogP contribution in [0.25, 0.3) is 0 Å². The summed E-state index contributed by atoms with van der Waals surface area (Å²) in [7, 11) is 0. The molecule has 0 bridgehead atoms. The van der Waals surface area contributed by atoms with Gasteiger partial charge in [-0.15, -0.1) is 5.10 Å². The molecule has 26 heavy (non-hydrogen) atoms. The van der Waals surface area contributed by atoms with Crippen molar-refractivity contribution in [3.63, 3.8) is 0 Å². The van der Waals surface area contributed by atoms with E-state index in [0.29, 0.717) is 25.4 Å². The van der Waals surface area contributed by atoms with Gasteiger partial charge >= 0.3 is 0 Å². The summed E-state index contributed by atoms with van der Waals surface area (Å²) in [6.45, 7) is 10.5. The predicted molar refractivity (Wildman–Crippen MR) is 102 cm³/mol. The maximum Gasteiger partial charge on any atom is 0.227 e. The number of carbonyl (C=O) groups is 1. The molecule has 1 aliphatic heterocycles. The lowest BCUT2D eigenvalue weighted by Crippen LogP contribution is -2.54. The lowest BCUT2D eigenvalue weighted by atomic mass is 10.1. The lowest BCUT2D eigenvalue weighted by molar-refractivity contribution is -0.131. The highest BCUT2D eigenvalue weighted by molar-refractivity contribution is 5.79. The highest BCUT2D eigenvalue weighted by Crippen LogP contribution is 2.19. The quantitative estimate of drug-likeness (QED) is 0.845. The molecule has 3 rings (SSSR count). The standard InChI is InChI=1S/C20H27N5O/c1-14(2)18-7-6-17(12-21-18)11-20(26)24-9-10-25(16(4)13-24)19-8-5-15(3)22-23-19/h5-8,12,14,16H,9-11,13H2,1-4H3/t16-/m0/s1. The summed E-state index contributed by atoms with van der Waals surface area (Å²) in [5.41, 5.74) is 2.94. The monoisotopic (exact) mass is 353 g/mol. The Morgan fingerprint density at radius 2 is 2.00 bits per heavy atom. The van der Waals surface area contributed by atoms with Crippen molar-refractivity contribution < 1.29 is 4.79 Å². The Labute approximate surface area is 155 Å². The molecule has 0 spiro atoms. The van der Waals surface area contributed by atoms with E-state index in [-0.39, 0.29) is 11.9 Å². The number of hydrogen-bond donors (Lipinski definition) is 0. The van der Waals surface area contributed by atoms with Crippen molar-refractivity contribution in [2.24, 2.45) is 0 Å². The summed E-state index contributed by atoms with van der Waals surface area (Å²) in [5.74, 6) is 1.44. The Hall–Kier alpha value is -2.50. The Morgan fingerprint density at radius 1 is 1.19 bits per heavy atom. The zero-order chi connectivity index (χ0) is 18.7. The zero-order valence-electron chi connectivity index (χ0n) is 16.0. The number of carbonyl (C=O) groups excluding carboxylic acids is 1. The van der Waals surface area contributed by atoms with E-state index in [1.165, 1.54) is 0 Å². The third kappa shape index (κ3) is 4.18. The predicted octanol–water partition coefficient (Wildman–Crippen LogP) is 2.58. The molecule has 6 nitrogen and oxygen atoms in total. The number of anilines is 1. The number of aryl methyl sites for hydroxylation is 1. The maximum atomic E-state index is 12.7. The van der Waals surface area contributed by atoms with Gasteiger partial charge in [0.25, 0.3) is 0 Å². The molecule has 1 saturated heterocycles. The summed E-state index contributed by atoms with van der Waals surface area (Å²) in [6.07, 6.45) is 2.23. The van der Waals surface area contributed by atoms with Crippen molar-refractivity contribution in [1.29, 1.82) is 0 Å². The van der Waals surface area contributed by atoms with Gasteiger partial charge in [0, 0.05) is 37.6 Å². The van der Waals surface area contributed by atoms with Gasteiger partial charge in [-0.05, 0) is 43.5 Å². The number of piperazine rings is 1. The largest absolute Gasteiger partial charge is 0.349 e. The third-order valence-corrected chi connectivity index (χ3v) is 4.85. The van der Waals surface area contributed by atoms with E-state index < -0.39 is 0 Å². The molecular formula is C20H27N5O. The molecule has 0 unspecified atom stereocenters. The average molecular weight is 353 g/mol. The SMILES string of the molecule is Cc1ccc(N2CCN(C(=O)Cc3ccc(C(C)C)nc3)C[C@@H]2C)nn1. The van der Waals surface area contributed by atoms with E-state index in [2.05, 4.69) is 40.9 Å². The average Bonchev–Trinajstić information content (AvgIpc) is 2.63. The second kappa shape index (κ2) is 7.81. The molecule has 2 aromatic heterocycles. The van der Waals surface area contributed by atoms with Gasteiger partial charge in [-0.25, -0.2) is 0 Å². The van der Waals surface area contributed by atoms with E-state index in [4.69, 9.17) is 0 Å². The molecule has 1 aliphatic rings. The minimum absolute atomic E-state index is 0.158. The first-order chi connectivity index (χ1) is 12.4. The first-order valence-electron chi connectivity index (χ1n) is 9.23. The topological polar surface area (TPSA) is 62.2 Å². The first-order valence-corrected chi connectivity index (χ1v) is 9.23. The van der Waals surface area contributed by atoms with Gasteiger partial charge in [-0.2, -0.15) is 5.10 Å². The molecule has 0 aromatic carbocycles.